The molecule has 1 heterocycles. The van der Waals surface area contributed by atoms with Gasteiger partial charge in [0.1, 0.15) is 11.9 Å². The van der Waals surface area contributed by atoms with E-state index in [2.05, 4.69) is 11.4 Å². The molecule has 0 radical (unpaired) electrons. The van der Waals surface area contributed by atoms with Crippen LogP contribution in [0.25, 0.3) is 0 Å². The van der Waals surface area contributed by atoms with Crippen LogP contribution in [-0.2, 0) is 11.2 Å². The van der Waals surface area contributed by atoms with Crippen molar-refractivity contribution in [2.45, 2.75) is 50.2 Å². The fraction of sp³-hybridized carbons (Fsp3) is 0.562. The Morgan fingerprint density at radius 2 is 2.10 bits per heavy atom. The lowest BCUT2D eigenvalue weighted by molar-refractivity contribution is -0.122. The van der Waals surface area contributed by atoms with Crippen LogP contribution in [-0.4, -0.2) is 24.1 Å². The van der Waals surface area contributed by atoms with Crippen LogP contribution in [0.15, 0.2) is 24.3 Å². The van der Waals surface area contributed by atoms with Gasteiger partial charge in [0, 0.05) is 18.4 Å². The van der Waals surface area contributed by atoms with Gasteiger partial charge in [0.25, 0.3) is 0 Å². The van der Waals surface area contributed by atoms with Gasteiger partial charge in [-0.25, -0.2) is 0 Å². The van der Waals surface area contributed by atoms with E-state index >= 15 is 0 Å². The van der Waals surface area contributed by atoms with Crippen LogP contribution in [0.2, 0.25) is 0 Å². The van der Waals surface area contributed by atoms with Crippen molar-refractivity contribution >= 4 is 5.91 Å². The molecule has 0 aromatic heterocycles. The van der Waals surface area contributed by atoms with E-state index in [1.54, 1.807) is 0 Å². The maximum atomic E-state index is 12.0. The van der Waals surface area contributed by atoms with Crippen LogP contribution in [0.4, 0.5) is 0 Å². The number of carbonyl (C=O) groups is 1. The molecule has 4 heteroatoms. The summed E-state index contributed by atoms with van der Waals surface area (Å²) in [6.07, 6.45) is 5.57. The molecule has 1 atom stereocenters. The topological polar surface area (TPSA) is 64.4 Å². The van der Waals surface area contributed by atoms with E-state index in [9.17, 15) is 4.79 Å². The molecule has 2 aliphatic rings. The number of rotatable bonds is 4. The minimum atomic E-state index is -0.274. The Bertz CT molecular complexity index is 470. The second-order valence-electron chi connectivity index (χ2n) is 6.10. The summed E-state index contributed by atoms with van der Waals surface area (Å²) >= 11 is 0. The van der Waals surface area contributed by atoms with Crippen molar-refractivity contribution in [3.05, 3.63) is 29.8 Å². The molecule has 1 amide bonds. The summed E-state index contributed by atoms with van der Waals surface area (Å²) in [7, 11) is 0. The number of para-hydroxylation sites is 1. The number of benzene rings is 1. The lowest BCUT2D eigenvalue weighted by atomic mass is 9.94. The summed E-state index contributed by atoms with van der Waals surface area (Å²) in [4.78, 5) is 12.0. The molecule has 0 bridgehead atoms. The van der Waals surface area contributed by atoms with Gasteiger partial charge in [-0.05, 0) is 24.5 Å². The first-order valence-corrected chi connectivity index (χ1v) is 7.45. The summed E-state index contributed by atoms with van der Waals surface area (Å²) in [5.41, 5.74) is 7.17. The zero-order chi connectivity index (χ0) is 14.0. The molecular formula is C16H22N2O2. The molecule has 3 rings (SSSR count). The number of hydrogen-bond donors (Lipinski definition) is 2. The fourth-order valence-corrected chi connectivity index (χ4v) is 3.23. The highest BCUT2D eigenvalue weighted by molar-refractivity contribution is 5.77. The summed E-state index contributed by atoms with van der Waals surface area (Å²) in [5, 5.41) is 2.97. The third-order valence-corrected chi connectivity index (χ3v) is 4.35. The third-order valence-electron chi connectivity index (χ3n) is 4.35. The predicted molar refractivity (Wildman–Crippen MR) is 77.6 cm³/mol. The van der Waals surface area contributed by atoms with Crippen molar-refractivity contribution in [2.24, 2.45) is 5.73 Å². The molecule has 20 heavy (non-hydrogen) atoms. The Balaban J connectivity index is 1.45. The van der Waals surface area contributed by atoms with Gasteiger partial charge in [0.05, 0.1) is 6.54 Å². The quantitative estimate of drug-likeness (QED) is 0.879. The predicted octanol–water partition coefficient (Wildman–Crippen LogP) is 1.77. The number of carbonyl (C=O) groups excluding carboxylic acids is 1. The molecule has 1 unspecified atom stereocenters. The van der Waals surface area contributed by atoms with Crippen LogP contribution in [0.3, 0.4) is 0 Å². The third kappa shape index (κ3) is 2.96. The van der Waals surface area contributed by atoms with Crippen LogP contribution in [0.5, 0.6) is 5.75 Å². The molecule has 1 aromatic carbocycles. The molecular weight excluding hydrogens is 252 g/mol. The second-order valence-corrected chi connectivity index (χ2v) is 6.10. The molecule has 108 valence electrons. The smallest absolute Gasteiger partial charge is 0.221 e. The minimum Gasteiger partial charge on any atom is -0.488 e. The van der Waals surface area contributed by atoms with Gasteiger partial charge in [-0.15, -0.1) is 0 Å². The molecule has 1 aliphatic carbocycles. The second kappa shape index (κ2) is 5.44. The van der Waals surface area contributed by atoms with E-state index < -0.39 is 0 Å². The molecule has 1 aliphatic heterocycles. The van der Waals surface area contributed by atoms with Gasteiger partial charge in [0.15, 0.2) is 0 Å². The van der Waals surface area contributed by atoms with Crippen molar-refractivity contribution in [2.75, 3.05) is 6.54 Å². The highest BCUT2D eigenvalue weighted by Gasteiger charge is 2.32. The number of nitrogens with one attached hydrogen (secondary N) is 1. The first-order chi connectivity index (χ1) is 9.65. The monoisotopic (exact) mass is 274 g/mol. The number of amides is 1. The van der Waals surface area contributed by atoms with Crippen LogP contribution >= 0.6 is 0 Å². The lowest BCUT2D eigenvalue weighted by Crippen LogP contribution is -2.44. The molecule has 1 fully saturated rings. The van der Waals surface area contributed by atoms with Crippen molar-refractivity contribution < 1.29 is 9.53 Å². The van der Waals surface area contributed by atoms with Crippen molar-refractivity contribution in [1.82, 2.24) is 5.32 Å². The molecule has 4 nitrogen and oxygen atoms in total. The maximum Gasteiger partial charge on any atom is 0.221 e. The highest BCUT2D eigenvalue weighted by Crippen LogP contribution is 2.30. The Morgan fingerprint density at radius 1 is 1.35 bits per heavy atom. The van der Waals surface area contributed by atoms with Crippen molar-refractivity contribution in [1.29, 1.82) is 0 Å². The lowest BCUT2D eigenvalue weighted by Gasteiger charge is -2.23. The fourth-order valence-electron chi connectivity index (χ4n) is 3.23. The standard InChI is InChI=1S/C16H22N2O2/c17-16(7-3-4-8-16)10-15(19)18-11-13-9-12-5-1-2-6-14(12)20-13/h1-2,5-6,13H,3-4,7-11,17H2,(H,18,19). The average molecular weight is 274 g/mol. The summed E-state index contributed by atoms with van der Waals surface area (Å²) in [5.74, 6) is 0.992. The van der Waals surface area contributed by atoms with Crippen molar-refractivity contribution in [3.8, 4) is 5.75 Å². The van der Waals surface area contributed by atoms with E-state index in [1.807, 2.05) is 18.2 Å². The summed E-state index contributed by atoms with van der Waals surface area (Å²) in [6.45, 7) is 0.559. The van der Waals surface area contributed by atoms with Gasteiger partial charge in [-0.3, -0.25) is 4.79 Å². The Hall–Kier alpha value is -1.55. The molecule has 0 spiro atoms. The van der Waals surface area contributed by atoms with E-state index in [4.69, 9.17) is 10.5 Å². The largest absolute Gasteiger partial charge is 0.488 e. The zero-order valence-corrected chi connectivity index (χ0v) is 11.7. The number of fused-ring (bicyclic) bond motifs is 1. The van der Waals surface area contributed by atoms with Crippen LogP contribution < -0.4 is 15.8 Å². The summed E-state index contributed by atoms with van der Waals surface area (Å²) in [6, 6.07) is 8.04. The van der Waals surface area contributed by atoms with Gasteiger partial charge in [0.2, 0.25) is 5.91 Å². The van der Waals surface area contributed by atoms with Crippen LogP contribution in [0, 0.1) is 0 Å². The van der Waals surface area contributed by atoms with E-state index in [1.165, 1.54) is 5.56 Å². The maximum absolute atomic E-state index is 12.0. The Morgan fingerprint density at radius 3 is 2.85 bits per heavy atom. The van der Waals surface area contributed by atoms with Gasteiger partial charge in [-0.2, -0.15) is 0 Å². The highest BCUT2D eigenvalue weighted by atomic mass is 16.5. The summed E-state index contributed by atoms with van der Waals surface area (Å²) < 4.78 is 5.81. The van der Waals surface area contributed by atoms with E-state index in [0.29, 0.717) is 13.0 Å². The first-order valence-electron chi connectivity index (χ1n) is 7.45. The molecule has 1 saturated carbocycles. The SMILES string of the molecule is NC1(CC(=O)NCC2Cc3ccccc3O2)CCCC1. The van der Waals surface area contributed by atoms with Crippen molar-refractivity contribution in [3.63, 3.8) is 0 Å². The van der Waals surface area contributed by atoms with Crippen LogP contribution in [0.1, 0.15) is 37.7 Å². The Labute approximate surface area is 119 Å². The molecule has 3 N–H and O–H groups in total. The first kappa shape index (κ1) is 13.4. The molecule has 1 aromatic rings. The Kier molecular flexibility index (Phi) is 3.66. The zero-order valence-electron chi connectivity index (χ0n) is 11.7. The minimum absolute atomic E-state index is 0.0497. The van der Waals surface area contributed by atoms with E-state index in [0.717, 1.165) is 37.9 Å². The van der Waals surface area contributed by atoms with E-state index in [-0.39, 0.29) is 17.6 Å². The number of nitrogens with two attached hydrogens (primary N) is 1. The van der Waals surface area contributed by atoms with Gasteiger partial charge in [-0.1, -0.05) is 31.0 Å². The average Bonchev–Trinajstić information content (AvgIpc) is 3.02. The number of hydrogen-bond acceptors (Lipinski definition) is 3. The van der Waals surface area contributed by atoms with Gasteiger partial charge >= 0.3 is 0 Å². The normalized spacial score (nSPS) is 23.1. The molecule has 0 saturated heterocycles. The number of ether oxygens (including phenoxy) is 1. The van der Waals surface area contributed by atoms with Gasteiger partial charge < -0.3 is 15.8 Å².